The predicted octanol–water partition coefficient (Wildman–Crippen LogP) is 3.07. The van der Waals surface area contributed by atoms with Gasteiger partial charge in [-0.1, -0.05) is 42.5 Å². The number of nitrogens with zero attached hydrogens (tertiary/aromatic N) is 5. The van der Waals surface area contributed by atoms with E-state index in [4.69, 9.17) is 19.0 Å². The Bertz CT molecular complexity index is 1620. The van der Waals surface area contributed by atoms with Crippen molar-refractivity contribution < 1.29 is 33.4 Å². The van der Waals surface area contributed by atoms with Crippen molar-refractivity contribution in [1.29, 1.82) is 0 Å². The van der Waals surface area contributed by atoms with Crippen LogP contribution in [-0.2, 0) is 32.2 Å². The first-order valence-corrected chi connectivity index (χ1v) is 14.0. The maximum absolute atomic E-state index is 14.0. The number of esters is 1. The molecule has 44 heavy (non-hydrogen) atoms. The zero-order valence-electron chi connectivity index (χ0n) is 24.9. The Morgan fingerprint density at radius 2 is 1.75 bits per heavy atom. The molecule has 1 fully saturated rings. The lowest BCUT2D eigenvalue weighted by Gasteiger charge is -2.27. The van der Waals surface area contributed by atoms with Crippen LogP contribution in [0.15, 0.2) is 72.9 Å². The maximum Gasteiger partial charge on any atom is 0.410 e. The molecule has 0 unspecified atom stereocenters. The van der Waals surface area contributed by atoms with Crippen LogP contribution in [0.4, 0.5) is 4.79 Å². The minimum absolute atomic E-state index is 0.0233. The van der Waals surface area contributed by atoms with Gasteiger partial charge in [0.1, 0.15) is 35.1 Å². The van der Waals surface area contributed by atoms with Crippen LogP contribution in [0.25, 0.3) is 11.2 Å². The Hall–Kier alpha value is -5.04. The molecule has 13 heteroatoms. The molecule has 0 spiro atoms. The highest BCUT2D eigenvalue weighted by Gasteiger charge is 2.56. The Morgan fingerprint density at radius 3 is 2.45 bits per heavy atom. The Balaban J connectivity index is 1.46. The zero-order valence-corrected chi connectivity index (χ0v) is 24.9. The van der Waals surface area contributed by atoms with E-state index in [1.54, 1.807) is 52.1 Å². The number of aromatic nitrogens is 4. The van der Waals surface area contributed by atoms with E-state index in [1.807, 2.05) is 42.5 Å². The summed E-state index contributed by atoms with van der Waals surface area (Å²) in [4.78, 5) is 53.1. The van der Waals surface area contributed by atoms with Crippen LogP contribution in [-0.4, -0.2) is 73.9 Å². The SMILES string of the molecule is COc1ccc(CN[C@@]2(C(=O)On3nnc4cccnc43)C[C@@H](C(=O)OC(C)(C)C)N(C(=O)OCc3ccccc3)C2)cc1. The lowest BCUT2D eigenvalue weighted by atomic mass is 9.95. The van der Waals surface area contributed by atoms with Gasteiger partial charge in [0.25, 0.3) is 0 Å². The van der Waals surface area contributed by atoms with E-state index in [0.29, 0.717) is 11.3 Å². The summed E-state index contributed by atoms with van der Waals surface area (Å²) in [5.74, 6) is -0.801. The molecule has 0 saturated carbocycles. The summed E-state index contributed by atoms with van der Waals surface area (Å²) in [6.45, 7) is 5.10. The van der Waals surface area contributed by atoms with Gasteiger partial charge in [0.2, 0.25) is 5.65 Å². The lowest BCUT2D eigenvalue weighted by molar-refractivity contribution is -0.160. The van der Waals surface area contributed by atoms with Crippen molar-refractivity contribution in [2.75, 3.05) is 13.7 Å². The van der Waals surface area contributed by atoms with Crippen molar-refractivity contribution in [3.8, 4) is 5.75 Å². The first-order chi connectivity index (χ1) is 21.1. The average molecular weight is 603 g/mol. The number of likely N-dealkylation sites (tertiary alicyclic amines) is 1. The van der Waals surface area contributed by atoms with Crippen molar-refractivity contribution in [2.24, 2.45) is 0 Å². The highest BCUT2D eigenvalue weighted by atomic mass is 16.7. The predicted molar refractivity (Wildman–Crippen MR) is 157 cm³/mol. The molecule has 13 nitrogen and oxygen atoms in total. The van der Waals surface area contributed by atoms with E-state index in [-0.39, 0.29) is 31.8 Å². The van der Waals surface area contributed by atoms with Gasteiger partial charge < -0.3 is 19.0 Å². The summed E-state index contributed by atoms with van der Waals surface area (Å²) in [6.07, 6.45) is 0.586. The molecule has 4 aromatic rings. The van der Waals surface area contributed by atoms with Gasteiger partial charge in [-0.05, 0) is 66.2 Å². The molecule has 230 valence electrons. The minimum Gasteiger partial charge on any atom is -0.497 e. The molecular formula is C31H34N6O7. The van der Waals surface area contributed by atoms with Gasteiger partial charge in [0, 0.05) is 19.2 Å². The summed E-state index contributed by atoms with van der Waals surface area (Å²) in [5, 5.41) is 11.2. The topological polar surface area (TPSA) is 147 Å². The third kappa shape index (κ3) is 6.94. The second-order valence-electron chi connectivity index (χ2n) is 11.4. The quantitative estimate of drug-likeness (QED) is 0.223. The van der Waals surface area contributed by atoms with Crippen molar-refractivity contribution in [3.63, 3.8) is 0 Å². The normalized spacial score (nSPS) is 18.2. The summed E-state index contributed by atoms with van der Waals surface area (Å²) < 4.78 is 16.5. The number of ether oxygens (including phenoxy) is 3. The molecule has 2 atom stereocenters. The largest absolute Gasteiger partial charge is 0.497 e. The zero-order chi connectivity index (χ0) is 31.3. The molecule has 2 aromatic heterocycles. The maximum atomic E-state index is 14.0. The van der Waals surface area contributed by atoms with Crippen LogP contribution >= 0.6 is 0 Å². The molecule has 0 bridgehead atoms. The summed E-state index contributed by atoms with van der Waals surface area (Å²) in [7, 11) is 1.57. The highest BCUT2D eigenvalue weighted by molar-refractivity contribution is 5.89. The van der Waals surface area contributed by atoms with Gasteiger partial charge >= 0.3 is 18.0 Å². The fraction of sp³-hybridized carbons (Fsp3) is 0.355. The van der Waals surface area contributed by atoms with Gasteiger partial charge in [0.05, 0.1) is 13.7 Å². The van der Waals surface area contributed by atoms with E-state index in [2.05, 4.69) is 20.6 Å². The lowest BCUT2D eigenvalue weighted by Crippen LogP contribution is -2.57. The van der Waals surface area contributed by atoms with E-state index >= 15 is 0 Å². The second-order valence-corrected chi connectivity index (χ2v) is 11.4. The first-order valence-electron chi connectivity index (χ1n) is 14.0. The fourth-order valence-corrected chi connectivity index (χ4v) is 4.82. The van der Waals surface area contributed by atoms with Crippen molar-refractivity contribution in [3.05, 3.63) is 84.1 Å². The number of fused-ring (bicyclic) bond motifs is 1. The number of nitrogens with one attached hydrogen (secondary N) is 1. The van der Waals surface area contributed by atoms with Crippen LogP contribution < -0.4 is 14.9 Å². The van der Waals surface area contributed by atoms with Crippen LogP contribution in [0.2, 0.25) is 0 Å². The van der Waals surface area contributed by atoms with Crippen molar-refractivity contribution in [2.45, 2.75) is 57.5 Å². The minimum atomic E-state index is -1.57. The standard InChI is InChI=1S/C31H34N6O7/c1-30(2,3)43-27(38)25-17-31(33-18-21-12-14-23(41-4)15-13-21,20-36(25)29(40)42-19-22-9-6-5-7-10-22)28(39)44-37-26-24(34-35-37)11-8-16-32-26/h5-16,25,33H,17-20H2,1-4H3/t25-,31-/m0/s1. The summed E-state index contributed by atoms with van der Waals surface area (Å²) >= 11 is 0. The molecule has 1 amide bonds. The van der Waals surface area contributed by atoms with Crippen molar-refractivity contribution in [1.82, 2.24) is 30.4 Å². The highest BCUT2D eigenvalue weighted by Crippen LogP contribution is 2.32. The smallest absolute Gasteiger partial charge is 0.410 e. The number of benzene rings is 2. The third-order valence-corrected chi connectivity index (χ3v) is 7.01. The molecule has 0 radical (unpaired) electrons. The van der Waals surface area contributed by atoms with E-state index in [9.17, 15) is 14.4 Å². The van der Waals surface area contributed by atoms with Crippen LogP contribution in [0.1, 0.15) is 38.3 Å². The average Bonchev–Trinajstić information content (AvgIpc) is 3.62. The molecule has 1 saturated heterocycles. The van der Waals surface area contributed by atoms with Gasteiger partial charge in [-0.2, -0.15) is 0 Å². The number of amides is 1. The summed E-state index contributed by atoms with van der Waals surface area (Å²) in [6, 6.07) is 18.6. The number of pyridine rings is 1. The van der Waals surface area contributed by atoms with Gasteiger partial charge in [-0.15, -0.1) is 5.10 Å². The third-order valence-electron chi connectivity index (χ3n) is 7.01. The first kappa shape index (κ1) is 30.4. The monoisotopic (exact) mass is 602 g/mol. The van der Waals surface area contributed by atoms with E-state index in [1.165, 1.54) is 11.1 Å². The van der Waals surface area contributed by atoms with Gasteiger partial charge in [-0.3, -0.25) is 10.2 Å². The van der Waals surface area contributed by atoms with Crippen LogP contribution in [0.3, 0.4) is 0 Å². The molecule has 3 heterocycles. The van der Waals surface area contributed by atoms with Gasteiger partial charge in [0.15, 0.2) is 0 Å². The molecule has 2 aromatic carbocycles. The number of hydrogen-bond acceptors (Lipinski definition) is 11. The number of rotatable bonds is 9. The number of methoxy groups -OCH3 is 1. The van der Waals surface area contributed by atoms with Crippen molar-refractivity contribution >= 4 is 29.2 Å². The van der Waals surface area contributed by atoms with E-state index < -0.39 is 35.2 Å². The number of hydrogen-bond donors (Lipinski definition) is 1. The Morgan fingerprint density at radius 1 is 1.00 bits per heavy atom. The molecular weight excluding hydrogens is 568 g/mol. The second kappa shape index (κ2) is 12.7. The molecule has 0 aliphatic carbocycles. The number of carbonyl (C=O) groups is 3. The Labute approximate surface area is 254 Å². The number of carbonyl (C=O) groups excluding carboxylic acids is 3. The summed E-state index contributed by atoms with van der Waals surface area (Å²) in [5.41, 5.74) is -0.172. The molecule has 5 rings (SSSR count). The molecule has 1 aliphatic heterocycles. The molecule has 1 N–H and O–H groups in total. The van der Waals surface area contributed by atoms with E-state index in [0.717, 1.165) is 16.0 Å². The van der Waals surface area contributed by atoms with Gasteiger partial charge in [-0.25, -0.2) is 19.4 Å². The fourth-order valence-electron chi connectivity index (χ4n) is 4.82. The van der Waals surface area contributed by atoms with Crippen LogP contribution in [0, 0.1) is 0 Å². The van der Waals surface area contributed by atoms with Crippen LogP contribution in [0.5, 0.6) is 5.75 Å². The Kier molecular flexibility index (Phi) is 8.76. The molecule has 1 aliphatic rings.